The summed E-state index contributed by atoms with van der Waals surface area (Å²) in [6, 6.07) is 12.4. The summed E-state index contributed by atoms with van der Waals surface area (Å²) >= 11 is 0. The van der Waals surface area contributed by atoms with Crippen molar-refractivity contribution in [3.63, 3.8) is 0 Å². The molecule has 0 saturated carbocycles. The molecule has 8 heteroatoms. The summed E-state index contributed by atoms with van der Waals surface area (Å²) in [6.07, 6.45) is 1.39. The van der Waals surface area contributed by atoms with Crippen molar-refractivity contribution in [3.05, 3.63) is 53.6 Å². The third kappa shape index (κ3) is 5.51. The van der Waals surface area contributed by atoms with Crippen LogP contribution in [0.4, 0.5) is 5.69 Å². The summed E-state index contributed by atoms with van der Waals surface area (Å²) in [5.41, 5.74) is 0.839. The Morgan fingerprint density at radius 3 is 2.46 bits per heavy atom. The molecule has 0 heterocycles. The number of nitriles is 1. The molecule has 28 heavy (non-hydrogen) atoms. The van der Waals surface area contributed by atoms with Crippen molar-refractivity contribution in [1.82, 2.24) is 0 Å². The Labute approximate surface area is 161 Å². The van der Waals surface area contributed by atoms with Crippen molar-refractivity contribution in [3.8, 4) is 23.3 Å². The molecule has 2 aromatic rings. The third-order valence-corrected chi connectivity index (χ3v) is 3.56. The van der Waals surface area contributed by atoms with Gasteiger partial charge in [0.15, 0.2) is 18.1 Å². The van der Waals surface area contributed by atoms with Gasteiger partial charge in [0.1, 0.15) is 17.4 Å². The second-order valence-corrected chi connectivity index (χ2v) is 5.45. The third-order valence-electron chi connectivity index (χ3n) is 3.56. The zero-order valence-electron chi connectivity index (χ0n) is 15.3. The molecule has 1 amide bonds. The zero-order valence-corrected chi connectivity index (χ0v) is 15.3. The van der Waals surface area contributed by atoms with Crippen molar-refractivity contribution >= 4 is 23.6 Å². The summed E-state index contributed by atoms with van der Waals surface area (Å²) in [7, 11) is 2.68. The molecule has 0 atom stereocenters. The highest BCUT2D eigenvalue weighted by Gasteiger charge is 2.12. The topological polar surface area (TPSA) is 118 Å². The maximum absolute atomic E-state index is 12.3. The van der Waals surface area contributed by atoms with Crippen molar-refractivity contribution in [2.75, 3.05) is 26.1 Å². The van der Waals surface area contributed by atoms with E-state index >= 15 is 0 Å². The summed E-state index contributed by atoms with van der Waals surface area (Å²) < 4.78 is 15.0. The van der Waals surface area contributed by atoms with Gasteiger partial charge in [-0.1, -0.05) is 6.07 Å². The lowest BCUT2D eigenvalue weighted by Crippen LogP contribution is -2.13. The molecule has 0 aliphatic rings. The van der Waals surface area contributed by atoms with Crippen LogP contribution in [0.1, 0.15) is 5.56 Å². The number of phenolic OH excluding ortho intramolecular Hbond substituents is 1. The molecule has 0 saturated heterocycles. The number of esters is 1. The average Bonchev–Trinajstić information content (AvgIpc) is 2.71. The highest BCUT2D eigenvalue weighted by molar-refractivity contribution is 6.09. The fourth-order valence-electron chi connectivity index (χ4n) is 2.15. The second-order valence-electron chi connectivity index (χ2n) is 5.45. The summed E-state index contributed by atoms with van der Waals surface area (Å²) in [5, 5.41) is 21.1. The van der Waals surface area contributed by atoms with Crippen LogP contribution < -0.4 is 14.8 Å². The van der Waals surface area contributed by atoms with Gasteiger partial charge in [-0.05, 0) is 48.0 Å². The van der Waals surface area contributed by atoms with Crippen LogP contribution >= 0.6 is 0 Å². The van der Waals surface area contributed by atoms with Gasteiger partial charge in [0, 0.05) is 5.69 Å². The highest BCUT2D eigenvalue weighted by Crippen LogP contribution is 2.29. The number of nitrogens with zero attached hydrogens (tertiary/aromatic N) is 1. The van der Waals surface area contributed by atoms with Gasteiger partial charge in [-0.15, -0.1) is 0 Å². The number of rotatable bonds is 7. The molecular weight excluding hydrogens is 364 g/mol. The quantitative estimate of drug-likeness (QED) is 0.327. The lowest BCUT2D eigenvalue weighted by Gasteiger charge is -2.10. The van der Waals surface area contributed by atoms with Crippen LogP contribution in [0.3, 0.4) is 0 Å². The summed E-state index contributed by atoms with van der Waals surface area (Å²) in [4.78, 5) is 23.5. The number of benzene rings is 2. The molecule has 0 bridgehead atoms. The largest absolute Gasteiger partial charge is 0.508 e. The fourth-order valence-corrected chi connectivity index (χ4v) is 2.15. The molecular formula is C20H18N2O6. The Kier molecular flexibility index (Phi) is 6.99. The van der Waals surface area contributed by atoms with Gasteiger partial charge in [0.2, 0.25) is 0 Å². The van der Waals surface area contributed by atoms with Gasteiger partial charge in [0.05, 0.1) is 14.2 Å². The lowest BCUT2D eigenvalue weighted by molar-refractivity contribution is -0.142. The molecule has 0 aromatic heterocycles. The van der Waals surface area contributed by atoms with E-state index in [1.54, 1.807) is 18.2 Å². The number of carbonyl (C=O) groups is 2. The van der Waals surface area contributed by atoms with E-state index < -0.39 is 11.9 Å². The van der Waals surface area contributed by atoms with Crippen molar-refractivity contribution in [1.29, 1.82) is 5.26 Å². The van der Waals surface area contributed by atoms with Crippen LogP contribution in [0.25, 0.3) is 6.08 Å². The molecule has 144 valence electrons. The molecule has 8 nitrogen and oxygen atoms in total. The van der Waals surface area contributed by atoms with Crippen LogP contribution in [-0.2, 0) is 14.3 Å². The molecule has 2 aromatic carbocycles. The van der Waals surface area contributed by atoms with E-state index in [0.29, 0.717) is 22.7 Å². The first kappa shape index (κ1) is 20.3. The summed E-state index contributed by atoms with van der Waals surface area (Å²) in [5.74, 6) is -0.427. The van der Waals surface area contributed by atoms with Crippen molar-refractivity contribution < 1.29 is 28.9 Å². The second kappa shape index (κ2) is 9.64. The number of methoxy groups -OCH3 is 2. The number of phenols is 1. The summed E-state index contributed by atoms with van der Waals surface area (Å²) in [6.45, 7) is -0.277. The zero-order chi connectivity index (χ0) is 20.5. The maximum atomic E-state index is 12.3. The highest BCUT2D eigenvalue weighted by atomic mass is 16.6. The van der Waals surface area contributed by atoms with Gasteiger partial charge < -0.3 is 24.6 Å². The first-order valence-electron chi connectivity index (χ1n) is 8.06. The molecule has 0 unspecified atom stereocenters. The molecule has 2 rings (SSSR count). The predicted octanol–water partition coefficient (Wildman–Crippen LogP) is 2.50. The minimum Gasteiger partial charge on any atom is -0.508 e. The number of anilines is 1. The predicted molar refractivity (Wildman–Crippen MR) is 101 cm³/mol. The van der Waals surface area contributed by atoms with E-state index in [2.05, 4.69) is 10.1 Å². The maximum Gasteiger partial charge on any atom is 0.343 e. The number of hydrogen-bond acceptors (Lipinski definition) is 7. The first-order valence-corrected chi connectivity index (χ1v) is 8.06. The number of ether oxygens (including phenoxy) is 3. The van der Waals surface area contributed by atoms with Gasteiger partial charge in [0.25, 0.3) is 5.91 Å². The SMILES string of the molecule is COC(=O)COc1ccc(/C=C(\C#N)C(=O)Nc2ccc(O)cc2)cc1OC. The average molecular weight is 382 g/mol. The van der Waals surface area contributed by atoms with Crippen molar-refractivity contribution in [2.45, 2.75) is 0 Å². The van der Waals surface area contributed by atoms with Crippen LogP contribution in [0.2, 0.25) is 0 Å². The van der Waals surface area contributed by atoms with E-state index in [0.717, 1.165) is 0 Å². The van der Waals surface area contributed by atoms with E-state index in [1.165, 1.54) is 44.6 Å². The Bertz CT molecular complexity index is 929. The van der Waals surface area contributed by atoms with Gasteiger partial charge in [-0.3, -0.25) is 4.79 Å². The molecule has 0 spiro atoms. The van der Waals surface area contributed by atoms with E-state index in [1.807, 2.05) is 6.07 Å². The Hall–Kier alpha value is -3.99. The lowest BCUT2D eigenvalue weighted by atomic mass is 10.1. The van der Waals surface area contributed by atoms with Gasteiger partial charge in [-0.25, -0.2) is 4.79 Å². The number of aromatic hydroxyl groups is 1. The Morgan fingerprint density at radius 2 is 1.86 bits per heavy atom. The van der Waals surface area contributed by atoms with Crippen LogP contribution in [0.15, 0.2) is 48.0 Å². The number of carbonyl (C=O) groups excluding carboxylic acids is 2. The van der Waals surface area contributed by atoms with Crippen molar-refractivity contribution in [2.24, 2.45) is 0 Å². The van der Waals surface area contributed by atoms with Crippen LogP contribution in [0, 0.1) is 11.3 Å². The van der Waals surface area contributed by atoms with Crippen LogP contribution in [0.5, 0.6) is 17.2 Å². The minimum atomic E-state index is -0.599. The molecule has 2 N–H and O–H groups in total. The fraction of sp³-hybridized carbons (Fsp3) is 0.150. The van der Waals surface area contributed by atoms with E-state index in [-0.39, 0.29) is 17.9 Å². The van der Waals surface area contributed by atoms with E-state index in [9.17, 15) is 20.0 Å². The normalized spacial score (nSPS) is 10.5. The van der Waals surface area contributed by atoms with E-state index in [4.69, 9.17) is 9.47 Å². The van der Waals surface area contributed by atoms with Crippen LogP contribution in [-0.4, -0.2) is 37.8 Å². The number of nitrogens with one attached hydrogen (secondary N) is 1. The number of amides is 1. The molecule has 0 fully saturated rings. The minimum absolute atomic E-state index is 0.0654. The number of hydrogen-bond donors (Lipinski definition) is 2. The Balaban J connectivity index is 2.18. The smallest absolute Gasteiger partial charge is 0.343 e. The Morgan fingerprint density at radius 1 is 1.14 bits per heavy atom. The standard InChI is InChI=1S/C20H18N2O6/c1-26-18-10-13(3-8-17(18)28-12-19(24)27-2)9-14(11-21)20(25)22-15-4-6-16(23)7-5-15/h3-10,23H,12H2,1-2H3,(H,22,25)/b14-9+. The first-order chi connectivity index (χ1) is 13.5. The molecule has 0 radical (unpaired) electrons. The molecule has 0 aliphatic carbocycles. The monoisotopic (exact) mass is 382 g/mol. The van der Waals surface area contributed by atoms with Gasteiger partial charge in [-0.2, -0.15) is 5.26 Å². The molecule has 0 aliphatic heterocycles. The van der Waals surface area contributed by atoms with Gasteiger partial charge >= 0.3 is 5.97 Å².